The maximum Gasteiger partial charge on any atom is 2.00 e. The van der Waals surface area contributed by atoms with Crippen molar-refractivity contribution in [3.8, 4) is 79.2 Å². The standard InChI is InChI=1S/2C40H29N5.C39H27N5.3Pt/c1-28-23-29(2)45(42-28)35-20-12-19-34(25-35)43(31-14-5-3-6-15-31)33-18-11-13-30(24-33)38-26-37-36-21-9-10-22-39(36)44(40(37)27-41-38)32-16-7-4-8-17-32;1-28-23-38(29-13-5-3-6-14-29)42-45(28)34-20-12-19-33(25-34)44(31-16-7-4-8-17-31)32-18-11-15-30(24-32)37-26-36-35-21-9-10-22-39(35)43(2)40(36)27-41-37;1-42-23-22-40-39(42)29-13-11-19-33(25-29)43(30-14-4-2-5-15-30)32-18-10-12-28(24-32)36-26-35-34-20-8-9-21-37(34)44(38(35)27-41-36)31-16-6-3-7-17-31;;;/h2*3-23,26-27H,1-2H3;2-23,26-27H,1H3;;;/q3*-2;3*+2. The number of nitrogens with zero attached hydrogens (tertiary/aromatic N) is 15. The molecular formula is C119H85N15Pt3. The molecule has 24 rings (SSSR count). The van der Waals surface area contributed by atoms with Crippen molar-refractivity contribution in [1.82, 2.24) is 57.8 Å². The van der Waals surface area contributed by atoms with Gasteiger partial charge in [0.15, 0.2) is 0 Å². The van der Waals surface area contributed by atoms with Gasteiger partial charge in [-0.05, 0) is 163 Å². The van der Waals surface area contributed by atoms with Gasteiger partial charge < -0.3 is 47.9 Å². The fourth-order valence-corrected chi connectivity index (χ4v) is 18.2. The van der Waals surface area contributed by atoms with Crippen molar-refractivity contribution in [2.24, 2.45) is 14.1 Å². The van der Waals surface area contributed by atoms with E-state index in [1.807, 2.05) is 144 Å². The number of benzene rings is 15. The van der Waals surface area contributed by atoms with E-state index in [9.17, 15) is 0 Å². The minimum atomic E-state index is 0. The molecule has 0 spiro atoms. The first-order valence-electron chi connectivity index (χ1n) is 44.6. The molecule has 0 aliphatic rings. The van der Waals surface area contributed by atoms with Crippen molar-refractivity contribution in [3.05, 3.63) is 479 Å². The van der Waals surface area contributed by atoms with Crippen LogP contribution < -0.4 is 14.7 Å². The summed E-state index contributed by atoms with van der Waals surface area (Å²) in [4.78, 5) is 25.9. The summed E-state index contributed by atoms with van der Waals surface area (Å²) in [6.45, 7) is 6.15. The van der Waals surface area contributed by atoms with E-state index in [4.69, 9.17) is 25.1 Å². The normalized spacial score (nSPS) is 11.1. The van der Waals surface area contributed by atoms with Gasteiger partial charge in [-0.1, -0.05) is 205 Å². The molecule has 0 saturated carbocycles. The summed E-state index contributed by atoms with van der Waals surface area (Å²) in [6.07, 6.45) is 9.69. The van der Waals surface area contributed by atoms with E-state index in [-0.39, 0.29) is 63.2 Å². The van der Waals surface area contributed by atoms with E-state index in [1.165, 1.54) is 27.1 Å². The Bertz CT molecular complexity index is 8420. The molecule has 15 aromatic carbocycles. The number of hydrogen-bond acceptors (Lipinski definition) is 9. The quantitative estimate of drug-likeness (QED) is 0.0774. The van der Waals surface area contributed by atoms with Crippen LogP contribution in [0.3, 0.4) is 0 Å². The number of anilines is 9. The zero-order valence-electron chi connectivity index (χ0n) is 75.1. The SMILES string of the molecule is Cc1cc(-c2ccccc2)nn1-c1[c-]c(N(c2[c-]c(-c3cc4c5ccccc5n(C)c4cn3)ccc2)c2ccccc2)ccc1.Cc1cc(C)n(-c2[c-]c(N(c3[c-]c(-c4cc5c6ccccc6n(-c6ccccc6)c5cn4)ccc3)c3ccccc3)ccc2)n1.Cn1ccnc1-c1[c-]c(N(c2[c-]c(-c3cc4c5ccccc5n(-c5ccccc5)c4cn3)ccc2)c2ccccc2)ccc1.[Pt+2].[Pt+2].[Pt+2]. The number of para-hydroxylation sites is 8. The van der Waals surface area contributed by atoms with Crippen molar-refractivity contribution in [2.45, 2.75) is 20.8 Å². The van der Waals surface area contributed by atoms with Crippen LogP contribution in [0.5, 0.6) is 0 Å². The molecule has 18 heteroatoms. The largest absolute Gasteiger partial charge is 2.00 e. The van der Waals surface area contributed by atoms with Gasteiger partial charge in [-0.2, -0.15) is 22.3 Å². The van der Waals surface area contributed by atoms with Crippen LogP contribution in [0, 0.1) is 57.2 Å². The maximum atomic E-state index is 4.98. The number of aromatic nitrogens is 12. The number of rotatable bonds is 18. The van der Waals surface area contributed by atoms with Crippen LogP contribution in [0.4, 0.5) is 51.2 Å². The molecule has 0 radical (unpaired) electrons. The van der Waals surface area contributed by atoms with E-state index < -0.39 is 0 Å². The molecule has 0 N–H and O–H groups in total. The summed E-state index contributed by atoms with van der Waals surface area (Å²) in [7, 11) is 4.09. The van der Waals surface area contributed by atoms with Gasteiger partial charge in [0.1, 0.15) is 0 Å². The van der Waals surface area contributed by atoms with Crippen LogP contribution in [-0.4, -0.2) is 57.8 Å². The second-order valence-electron chi connectivity index (χ2n) is 33.0. The van der Waals surface area contributed by atoms with Crippen molar-refractivity contribution in [3.63, 3.8) is 0 Å². The van der Waals surface area contributed by atoms with Crippen molar-refractivity contribution >= 4 is 117 Å². The number of pyridine rings is 3. The first-order chi connectivity index (χ1) is 66.0. The maximum absolute atomic E-state index is 4.98. The van der Waals surface area contributed by atoms with Crippen molar-refractivity contribution in [2.75, 3.05) is 14.7 Å². The van der Waals surface area contributed by atoms with Gasteiger partial charge in [0.2, 0.25) is 0 Å². The smallest absolute Gasteiger partial charge is 0.373 e. The van der Waals surface area contributed by atoms with Gasteiger partial charge in [-0.15, -0.1) is 156 Å². The van der Waals surface area contributed by atoms with Crippen molar-refractivity contribution < 1.29 is 63.2 Å². The Morgan fingerprint density at radius 3 is 1.01 bits per heavy atom. The van der Waals surface area contributed by atoms with Gasteiger partial charge >= 0.3 is 63.2 Å². The predicted molar refractivity (Wildman–Crippen MR) is 545 cm³/mol. The minimum Gasteiger partial charge on any atom is -0.373 e. The average molecular weight is 2310 g/mol. The molecule has 0 saturated heterocycles. The van der Waals surface area contributed by atoms with Gasteiger partial charge in [0, 0.05) is 128 Å². The Labute approximate surface area is 838 Å². The Hall–Kier alpha value is -15.8. The summed E-state index contributed by atoms with van der Waals surface area (Å²) in [5.41, 5.74) is 30.6. The van der Waals surface area contributed by atoms with E-state index in [1.54, 1.807) is 0 Å². The molecule has 9 aromatic heterocycles. The molecular weight excluding hydrogens is 2220 g/mol. The number of hydrogen-bond donors (Lipinski definition) is 0. The molecule has 9 heterocycles. The third-order valence-electron chi connectivity index (χ3n) is 24.4. The van der Waals surface area contributed by atoms with Crippen molar-refractivity contribution in [1.29, 1.82) is 0 Å². The Kier molecular flexibility index (Phi) is 26.3. The molecule has 0 aliphatic heterocycles. The molecule has 0 bridgehead atoms. The zero-order chi connectivity index (χ0) is 90.1. The van der Waals surface area contributed by atoms with Crippen LogP contribution in [0.1, 0.15) is 17.1 Å². The molecule has 137 heavy (non-hydrogen) atoms. The first-order valence-corrected chi connectivity index (χ1v) is 44.6. The third kappa shape index (κ3) is 17.9. The molecule has 666 valence electrons. The van der Waals surface area contributed by atoms with Crippen LogP contribution in [0.2, 0.25) is 0 Å². The predicted octanol–water partition coefficient (Wildman–Crippen LogP) is 28.7. The van der Waals surface area contributed by atoms with E-state index >= 15 is 0 Å². The molecule has 0 atom stereocenters. The van der Waals surface area contributed by atoms with Crippen LogP contribution >= 0.6 is 0 Å². The Balaban J connectivity index is 0.000000130. The molecule has 15 nitrogen and oxygen atoms in total. The van der Waals surface area contributed by atoms with Gasteiger partial charge in [-0.3, -0.25) is 14.3 Å². The van der Waals surface area contributed by atoms with Gasteiger partial charge in [0.05, 0.1) is 44.8 Å². The van der Waals surface area contributed by atoms with E-state index in [0.29, 0.717) is 0 Å². The number of aryl methyl sites for hydroxylation is 5. The summed E-state index contributed by atoms with van der Waals surface area (Å²) in [5, 5.41) is 16.7. The average Bonchev–Trinajstić information content (AvgIpc) is 1.60. The molecule has 0 aliphatic carbocycles. The van der Waals surface area contributed by atoms with E-state index in [0.717, 1.165) is 186 Å². The molecule has 24 aromatic rings. The second-order valence-corrected chi connectivity index (χ2v) is 33.0. The Morgan fingerprint density at radius 1 is 0.263 bits per heavy atom. The Morgan fingerprint density at radius 2 is 0.599 bits per heavy atom. The molecule has 0 fully saturated rings. The van der Waals surface area contributed by atoms with Crippen LogP contribution in [-0.2, 0) is 77.3 Å². The zero-order valence-corrected chi connectivity index (χ0v) is 81.9. The molecule has 0 unspecified atom stereocenters. The minimum absolute atomic E-state index is 0. The summed E-state index contributed by atoms with van der Waals surface area (Å²) in [6, 6.07) is 158. The van der Waals surface area contributed by atoms with Gasteiger partial charge in [0.25, 0.3) is 0 Å². The topological polar surface area (TPSA) is 117 Å². The summed E-state index contributed by atoms with van der Waals surface area (Å²) < 4.78 is 12.7. The summed E-state index contributed by atoms with van der Waals surface area (Å²) >= 11 is 0. The number of imidazole rings is 1. The summed E-state index contributed by atoms with van der Waals surface area (Å²) in [5.74, 6) is 0.866. The van der Waals surface area contributed by atoms with Crippen LogP contribution in [0.15, 0.2) is 425 Å². The van der Waals surface area contributed by atoms with Crippen LogP contribution in [0.25, 0.3) is 145 Å². The monoisotopic (exact) mass is 2310 g/mol. The fourth-order valence-electron chi connectivity index (χ4n) is 18.2. The first kappa shape index (κ1) is 90.4. The third-order valence-corrected chi connectivity index (χ3v) is 24.4. The second kappa shape index (κ2) is 39.8. The molecule has 0 amide bonds. The number of fused-ring (bicyclic) bond motifs is 9. The van der Waals surface area contributed by atoms with E-state index in [2.05, 4.69) is 400 Å². The fraction of sp³-hybridized carbons (Fsp3) is 0.0420. The van der Waals surface area contributed by atoms with Gasteiger partial charge in [-0.25, -0.2) is 0 Å².